The van der Waals surface area contributed by atoms with Crippen molar-refractivity contribution in [2.75, 3.05) is 0 Å². The summed E-state index contributed by atoms with van der Waals surface area (Å²) in [4.78, 5) is 0. The van der Waals surface area contributed by atoms with Crippen molar-refractivity contribution in [3.63, 3.8) is 0 Å². The third-order valence-corrected chi connectivity index (χ3v) is 2.11. The van der Waals surface area contributed by atoms with Crippen LogP contribution < -0.4 is 11.3 Å². The first kappa shape index (κ1) is 10.9. The van der Waals surface area contributed by atoms with Crippen LogP contribution in [0.5, 0.6) is 0 Å². The van der Waals surface area contributed by atoms with Gasteiger partial charge in [0, 0.05) is 6.04 Å². The minimum atomic E-state index is -0.235. The van der Waals surface area contributed by atoms with E-state index in [1.54, 1.807) is 6.07 Å². The highest BCUT2D eigenvalue weighted by atomic mass is 19.1. The molecule has 0 amide bonds. The van der Waals surface area contributed by atoms with Gasteiger partial charge < -0.3 is 0 Å². The number of nitrogens with two attached hydrogens (primary N) is 1. The maximum atomic E-state index is 12.9. The predicted molar refractivity (Wildman–Crippen MR) is 55.9 cm³/mol. The van der Waals surface area contributed by atoms with E-state index in [9.17, 15) is 4.39 Å². The standard InChI is InChI=1S/C11H15FN2/c1-2-3-7-11(14-13)9-5-4-6-10(12)8-9/h2,4-6,8,11,14H,1,3,7,13H2. The smallest absolute Gasteiger partial charge is 0.123 e. The van der Waals surface area contributed by atoms with Gasteiger partial charge in [-0.05, 0) is 30.5 Å². The van der Waals surface area contributed by atoms with E-state index in [0.717, 1.165) is 18.4 Å². The van der Waals surface area contributed by atoms with E-state index in [2.05, 4.69) is 12.0 Å². The number of hydrogen-bond donors (Lipinski definition) is 2. The van der Waals surface area contributed by atoms with Crippen molar-refractivity contribution in [1.82, 2.24) is 5.43 Å². The van der Waals surface area contributed by atoms with Crippen molar-refractivity contribution in [3.8, 4) is 0 Å². The lowest BCUT2D eigenvalue weighted by Crippen LogP contribution is -2.27. The van der Waals surface area contributed by atoms with Gasteiger partial charge in [-0.1, -0.05) is 18.2 Å². The number of hydrazine groups is 1. The molecule has 0 saturated carbocycles. The monoisotopic (exact) mass is 194 g/mol. The number of allylic oxidation sites excluding steroid dienone is 1. The third kappa shape index (κ3) is 2.94. The molecule has 0 aliphatic carbocycles. The molecule has 2 nitrogen and oxygen atoms in total. The second-order valence-corrected chi connectivity index (χ2v) is 3.14. The predicted octanol–water partition coefficient (Wildman–Crippen LogP) is 2.30. The molecule has 0 fully saturated rings. The van der Waals surface area contributed by atoms with Crippen LogP contribution in [0.25, 0.3) is 0 Å². The molecule has 1 unspecified atom stereocenters. The zero-order valence-electron chi connectivity index (χ0n) is 8.04. The van der Waals surface area contributed by atoms with E-state index < -0.39 is 0 Å². The Labute approximate surface area is 83.6 Å². The Balaban J connectivity index is 2.72. The van der Waals surface area contributed by atoms with Crippen molar-refractivity contribution in [1.29, 1.82) is 0 Å². The average molecular weight is 194 g/mol. The zero-order chi connectivity index (χ0) is 10.4. The number of nitrogens with one attached hydrogen (secondary N) is 1. The van der Waals surface area contributed by atoms with Crippen LogP contribution in [0.3, 0.4) is 0 Å². The summed E-state index contributed by atoms with van der Waals surface area (Å²) in [5.74, 6) is 5.15. The van der Waals surface area contributed by atoms with E-state index in [4.69, 9.17) is 5.84 Å². The van der Waals surface area contributed by atoms with Crippen molar-refractivity contribution < 1.29 is 4.39 Å². The van der Waals surface area contributed by atoms with Gasteiger partial charge in [-0.3, -0.25) is 11.3 Å². The summed E-state index contributed by atoms with van der Waals surface area (Å²) in [7, 11) is 0. The molecule has 0 bridgehead atoms. The van der Waals surface area contributed by atoms with E-state index in [1.807, 2.05) is 12.1 Å². The molecule has 3 N–H and O–H groups in total. The van der Waals surface area contributed by atoms with Gasteiger partial charge in [-0.25, -0.2) is 4.39 Å². The van der Waals surface area contributed by atoms with Crippen LogP contribution in [0.2, 0.25) is 0 Å². The van der Waals surface area contributed by atoms with E-state index in [-0.39, 0.29) is 11.9 Å². The molecule has 0 aliphatic rings. The fourth-order valence-corrected chi connectivity index (χ4v) is 1.35. The summed E-state index contributed by atoms with van der Waals surface area (Å²) in [6, 6.07) is 6.45. The van der Waals surface area contributed by atoms with Crippen molar-refractivity contribution in [3.05, 3.63) is 48.3 Å². The topological polar surface area (TPSA) is 38.0 Å². The van der Waals surface area contributed by atoms with Crippen LogP contribution in [0, 0.1) is 5.82 Å². The Bertz CT molecular complexity index is 299. The van der Waals surface area contributed by atoms with E-state index in [1.165, 1.54) is 12.1 Å². The van der Waals surface area contributed by atoms with Gasteiger partial charge in [0.2, 0.25) is 0 Å². The Morgan fingerprint density at radius 2 is 2.36 bits per heavy atom. The van der Waals surface area contributed by atoms with Crippen molar-refractivity contribution in [2.24, 2.45) is 5.84 Å². The lowest BCUT2D eigenvalue weighted by atomic mass is 10.0. The molecule has 0 radical (unpaired) electrons. The number of halogens is 1. The van der Waals surface area contributed by atoms with E-state index in [0.29, 0.717) is 0 Å². The minimum absolute atomic E-state index is 0.0105. The molecule has 0 spiro atoms. The minimum Gasteiger partial charge on any atom is -0.271 e. The fourth-order valence-electron chi connectivity index (χ4n) is 1.35. The first-order valence-corrected chi connectivity index (χ1v) is 4.60. The second kappa shape index (κ2) is 5.52. The molecule has 76 valence electrons. The average Bonchev–Trinajstić information content (AvgIpc) is 2.19. The van der Waals surface area contributed by atoms with Gasteiger partial charge in [0.15, 0.2) is 0 Å². The van der Waals surface area contributed by atoms with Crippen LogP contribution in [0.1, 0.15) is 24.4 Å². The lowest BCUT2D eigenvalue weighted by molar-refractivity contribution is 0.516. The van der Waals surface area contributed by atoms with Gasteiger partial charge in [0.1, 0.15) is 5.82 Å². The first-order valence-electron chi connectivity index (χ1n) is 4.60. The van der Waals surface area contributed by atoms with Gasteiger partial charge in [-0.2, -0.15) is 0 Å². The highest BCUT2D eigenvalue weighted by molar-refractivity contribution is 5.20. The number of rotatable bonds is 5. The molecule has 1 rings (SSSR count). The highest BCUT2D eigenvalue weighted by Gasteiger charge is 2.08. The highest BCUT2D eigenvalue weighted by Crippen LogP contribution is 2.18. The van der Waals surface area contributed by atoms with Gasteiger partial charge in [0.25, 0.3) is 0 Å². The first-order chi connectivity index (χ1) is 6.77. The van der Waals surface area contributed by atoms with Crippen LogP contribution in [0.15, 0.2) is 36.9 Å². The molecule has 1 atom stereocenters. The molecular weight excluding hydrogens is 179 g/mol. The second-order valence-electron chi connectivity index (χ2n) is 3.14. The normalized spacial score (nSPS) is 12.4. The molecule has 0 aliphatic heterocycles. The van der Waals surface area contributed by atoms with Gasteiger partial charge in [0.05, 0.1) is 0 Å². The molecule has 0 aromatic heterocycles. The maximum Gasteiger partial charge on any atom is 0.123 e. The Morgan fingerprint density at radius 3 is 2.93 bits per heavy atom. The van der Waals surface area contributed by atoms with Crippen molar-refractivity contribution in [2.45, 2.75) is 18.9 Å². The SMILES string of the molecule is C=CCCC(NN)c1cccc(F)c1. The summed E-state index contributed by atoms with van der Waals surface area (Å²) < 4.78 is 12.9. The van der Waals surface area contributed by atoms with Gasteiger partial charge in [-0.15, -0.1) is 6.58 Å². The van der Waals surface area contributed by atoms with Crippen molar-refractivity contribution >= 4 is 0 Å². The summed E-state index contributed by atoms with van der Waals surface area (Å²) >= 11 is 0. The molecule has 14 heavy (non-hydrogen) atoms. The molecule has 0 heterocycles. The molecule has 1 aromatic carbocycles. The summed E-state index contributed by atoms with van der Waals surface area (Å²) in [6.45, 7) is 3.64. The quantitative estimate of drug-likeness (QED) is 0.429. The summed E-state index contributed by atoms with van der Waals surface area (Å²) in [6.07, 6.45) is 3.50. The largest absolute Gasteiger partial charge is 0.271 e. The molecule has 0 saturated heterocycles. The Kier molecular flexibility index (Phi) is 4.29. The van der Waals surface area contributed by atoms with E-state index >= 15 is 0 Å². The zero-order valence-corrected chi connectivity index (χ0v) is 8.04. The van der Waals surface area contributed by atoms with Gasteiger partial charge >= 0.3 is 0 Å². The summed E-state index contributed by atoms with van der Waals surface area (Å²) in [5, 5.41) is 0. The van der Waals surface area contributed by atoms with Crippen LogP contribution in [-0.2, 0) is 0 Å². The maximum absolute atomic E-state index is 12.9. The molecule has 1 aromatic rings. The Morgan fingerprint density at radius 1 is 1.57 bits per heavy atom. The summed E-state index contributed by atoms with van der Waals surface area (Å²) in [5.41, 5.74) is 3.54. The fraction of sp³-hybridized carbons (Fsp3) is 0.273. The number of benzene rings is 1. The van der Waals surface area contributed by atoms with Crippen LogP contribution >= 0.6 is 0 Å². The van der Waals surface area contributed by atoms with Crippen LogP contribution in [-0.4, -0.2) is 0 Å². The third-order valence-electron chi connectivity index (χ3n) is 2.11. The van der Waals surface area contributed by atoms with Crippen LogP contribution in [0.4, 0.5) is 4.39 Å². The molecule has 3 heteroatoms. The Hall–Kier alpha value is -1.19. The number of hydrogen-bond acceptors (Lipinski definition) is 2. The lowest BCUT2D eigenvalue weighted by Gasteiger charge is -2.15. The molecular formula is C11H15FN2.